The second kappa shape index (κ2) is 4.79. The smallest absolute Gasteiger partial charge is 0.310 e. The largest absolute Gasteiger partial charge is 0.519 e. The molecule has 1 unspecified atom stereocenters. The van der Waals surface area contributed by atoms with Crippen molar-refractivity contribution in [3.8, 4) is 0 Å². The first-order valence-corrected chi connectivity index (χ1v) is 8.64. The lowest BCUT2D eigenvalue weighted by molar-refractivity contribution is -0.136. The number of nitrogens with two attached hydrogens (primary N) is 1. The summed E-state index contributed by atoms with van der Waals surface area (Å²) in [5, 5.41) is 0. The van der Waals surface area contributed by atoms with Gasteiger partial charge in [-0.05, 0) is 19.6 Å². The number of hydrogen-bond acceptors (Lipinski definition) is 4. The highest BCUT2D eigenvalue weighted by Crippen LogP contribution is 2.06. The van der Waals surface area contributed by atoms with Crippen molar-refractivity contribution in [2.24, 2.45) is 12.8 Å². The van der Waals surface area contributed by atoms with E-state index in [0.29, 0.717) is 6.42 Å². The van der Waals surface area contributed by atoms with E-state index in [1.807, 2.05) is 37.5 Å². The molecule has 0 saturated carbocycles. The molecule has 1 heterocycles. The zero-order chi connectivity index (χ0) is 12.3. The zero-order valence-electron chi connectivity index (χ0n) is 10.2. The predicted octanol–water partition coefficient (Wildman–Crippen LogP) is 0.668. The average Bonchev–Trinajstić information content (AvgIpc) is 2.48. The van der Waals surface area contributed by atoms with Gasteiger partial charge < -0.3 is 14.7 Å². The van der Waals surface area contributed by atoms with E-state index in [1.54, 1.807) is 6.33 Å². The monoisotopic (exact) mass is 241 g/mol. The third-order valence-electron chi connectivity index (χ3n) is 1.90. The number of carbonyl (C=O) groups is 1. The second-order valence-electron chi connectivity index (χ2n) is 4.87. The van der Waals surface area contributed by atoms with Gasteiger partial charge in [-0.25, -0.2) is 4.98 Å². The highest BCUT2D eigenvalue weighted by atomic mass is 28.4. The lowest BCUT2D eigenvalue weighted by atomic mass is 10.2. The van der Waals surface area contributed by atoms with Crippen molar-refractivity contribution in [2.45, 2.75) is 32.1 Å². The van der Waals surface area contributed by atoms with Gasteiger partial charge in [-0.3, -0.25) is 4.79 Å². The maximum Gasteiger partial charge on any atom is 0.310 e. The molecule has 1 rings (SSSR count). The van der Waals surface area contributed by atoms with Crippen LogP contribution >= 0.6 is 0 Å². The fourth-order valence-electron chi connectivity index (χ4n) is 1.26. The van der Waals surface area contributed by atoms with E-state index in [-0.39, 0.29) is 5.97 Å². The summed E-state index contributed by atoms with van der Waals surface area (Å²) >= 11 is 0. The number of aromatic nitrogens is 2. The number of hydrogen-bond donors (Lipinski definition) is 1. The number of rotatable bonds is 4. The van der Waals surface area contributed by atoms with E-state index in [2.05, 4.69) is 4.98 Å². The van der Waals surface area contributed by atoms with Crippen LogP contribution in [0.3, 0.4) is 0 Å². The maximum atomic E-state index is 11.6. The van der Waals surface area contributed by atoms with Crippen LogP contribution < -0.4 is 5.73 Å². The Balaban J connectivity index is 2.52. The molecule has 5 nitrogen and oxygen atoms in total. The van der Waals surface area contributed by atoms with E-state index in [9.17, 15) is 4.79 Å². The average molecular weight is 241 g/mol. The van der Waals surface area contributed by atoms with Gasteiger partial charge in [0.15, 0.2) is 0 Å². The number of carbonyl (C=O) groups excluding carboxylic acids is 1. The van der Waals surface area contributed by atoms with Gasteiger partial charge in [-0.2, -0.15) is 0 Å². The molecule has 90 valence electrons. The molecule has 0 aliphatic rings. The zero-order valence-corrected chi connectivity index (χ0v) is 11.2. The molecule has 0 fully saturated rings. The summed E-state index contributed by atoms with van der Waals surface area (Å²) in [6, 6.07) is -0.623. The van der Waals surface area contributed by atoms with E-state index < -0.39 is 14.4 Å². The highest BCUT2D eigenvalue weighted by Gasteiger charge is 2.24. The van der Waals surface area contributed by atoms with Crippen LogP contribution in [0.25, 0.3) is 0 Å². The van der Waals surface area contributed by atoms with Gasteiger partial charge in [0.2, 0.25) is 8.32 Å². The van der Waals surface area contributed by atoms with E-state index in [0.717, 1.165) is 5.69 Å². The van der Waals surface area contributed by atoms with Gasteiger partial charge in [-0.1, -0.05) is 0 Å². The first-order chi connectivity index (χ1) is 7.28. The third kappa shape index (κ3) is 4.16. The molecule has 0 saturated heterocycles. The van der Waals surface area contributed by atoms with Crippen molar-refractivity contribution in [1.29, 1.82) is 0 Å². The van der Waals surface area contributed by atoms with Crippen molar-refractivity contribution < 1.29 is 9.22 Å². The van der Waals surface area contributed by atoms with Gasteiger partial charge in [0, 0.05) is 19.7 Å². The Kier molecular flexibility index (Phi) is 3.87. The van der Waals surface area contributed by atoms with Crippen LogP contribution in [0.2, 0.25) is 19.6 Å². The first-order valence-electron chi connectivity index (χ1n) is 5.23. The lowest BCUT2D eigenvalue weighted by Gasteiger charge is -2.20. The molecule has 0 aliphatic carbocycles. The third-order valence-corrected chi connectivity index (χ3v) is 2.71. The second-order valence-corrected chi connectivity index (χ2v) is 9.30. The molecular weight excluding hydrogens is 222 g/mol. The molecule has 1 atom stereocenters. The summed E-state index contributed by atoms with van der Waals surface area (Å²) in [5.41, 5.74) is 6.57. The fraction of sp³-hybridized carbons (Fsp3) is 0.600. The summed E-state index contributed by atoms with van der Waals surface area (Å²) in [7, 11) is 0.0272. The molecule has 0 bridgehead atoms. The topological polar surface area (TPSA) is 70.1 Å². The van der Waals surface area contributed by atoms with E-state index >= 15 is 0 Å². The van der Waals surface area contributed by atoms with Gasteiger partial charge in [-0.15, -0.1) is 0 Å². The van der Waals surface area contributed by atoms with Crippen LogP contribution in [0.4, 0.5) is 0 Å². The molecule has 1 aromatic rings. The van der Waals surface area contributed by atoms with Gasteiger partial charge >= 0.3 is 5.97 Å². The molecule has 0 spiro atoms. The molecule has 1 aromatic heterocycles. The minimum absolute atomic E-state index is 0.329. The van der Waals surface area contributed by atoms with Crippen LogP contribution in [0.15, 0.2) is 12.5 Å². The maximum absolute atomic E-state index is 11.6. The van der Waals surface area contributed by atoms with E-state index in [1.165, 1.54) is 0 Å². The highest BCUT2D eigenvalue weighted by molar-refractivity contribution is 6.71. The minimum Gasteiger partial charge on any atom is -0.519 e. The Morgan fingerprint density at radius 2 is 2.25 bits per heavy atom. The number of aryl methyl sites for hydroxylation is 1. The predicted molar refractivity (Wildman–Crippen MR) is 64.3 cm³/mol. The first kappa shape index (κ1) is 12.9. The van der Waals surface area contributed by atoms with Crippen LogP contribution in [-0.2, 0) is 22.7 Å². The lowest BCUT2D eigenvalue weighted by Crippen LogP contribution is -2.40. The van der Waals surface area contributed by atoms with Crippen molar-refractivity contribution in [2.75, 3.05) is 0 Å². The number of nitrogens with zero attached hydrogens (tertiary/aromatic N) is 2. The Bertz CT molecular complexity index is 370. The van der Waals surface area contributed by atoms with Crippen molar-refractivity contribution in [3.63, 3.8) is 0 Å². The summed E-state index contributed by atoms with van der Waals surface area (Å²) in [5.74, 6) is -0.329. The van der Waals surface area contributed by atoms with Gasteiger partial charge in [0.05, 0.1) is 12.0 Å². The Labute approximate surface area is 96.7 Å². The summed E-state index contributed by atoms with van der Waals surface area (Å²) in [6.07, 6.45) is 3.96. The molecule has 16 heavy (non-hydrogen) atoms. The molecule has 6 heteroatoms. The van der Waals surface area contributed by atoms with Crippen LogP contribution in [0.1, 0.15) is 5.69 Å². The summed E-state index contributed by atoms with van der Waals surface area (Å²) in [6.45, 7) is 5.87. The SMILES string of the molecule is Cn1cnc(CC(N)C(=O)O[Si](C)(C)C)c1. The van der Waals surface area contributed by atoms with E-state index in [4.69, 9.17) is 10.2 Å². The normalized spacial score (nSPS) is 13.6. The molecule has 0 aliphatic heterocycles. The standard InChI is InChI=1S/C10H19N3O2Si/c1-13-6-8(12-7-13)5-9(11)10(14)15-16(2,3)4/h6-7,9H,5,11H2,1-4H3. The Morgan fingerprint density at radius 3 is 2.69 bits per heavy atom. The van der Waals surface area contributed by atoms with Gasteiger partial charge in [0.1, 0.15) is 6.04 Å². The van der Waals surface area contributed by atoms with Crippen molar-refractivity contribution in [3.05, 3.63) is 18.2 Å². The Morgan fingerprint density at radius 1 is 1.62 bits per heavy atom. The molecule has 0 radical (unpaired) electrons. The van der Waals surface area contributed by atoms with Gasteiger partial charge in [0.25, 0.3) is 0 Å². The fourth-order valence-corrected chi connectivity index (χ4v) is 2.01. The molecular formula is C10H19N3O2Si. The Hall–Kier alpha value is -1.14. The summed E-state index contributed by atoms with van der Waals surface area (Å²) in [4.78, 5) is 15.7. The molecule has 0 amide bonds. The molecule has 2 N–H and O–H groups in total. The van der Waals surface area contributed by atoms with Crippen molar-refractivity contribution in [1.82, 2.24) is 9.55 Å². The van der Waals surface area contributed by atoms with Crippen LogP contribution in [0, 0.1) is 0 Å². The van der Waals surface area contributed by atoms with Crippen molar-refractivity contribution >= 4 is 14.3 Å². The summed E-state index contributed by atoms with van der Waals surface area (Å²) < 4.78 is 7.14. The van der Waals surface area contributed by atoms with Crippen LogP contribution in [0.5, 0.6) is 0 Å². The van der Waals surface area contributed by atoms with Crippen LogP contribution in [-0.4, -0.2) is 29.9 Å². The minimum atomic E-state index is -1.85. The number of imidazole rings is 1. The molecule has 0 aromatic carbocycles. The quantitative estimate of drug-likeness (QED) is 0.787.